The van der Waals surface area contributed by atoms with E-state index in [1.807, 2.05) is 22.9 Å². The van der Waals surface area contributed by atoms with Gasteiger partial charge in [-0.2, -0.15) is 5.10 Å². The summed E-state index contributed by atoms with van der Waals surface area (Å²) >= 11 is 6.09. The van der Waals surface area contributed by atoms with E-state index < -0.39 is 0 Å². The molecule has 0 fully saturated rings. The molecule has 1 heterocycles. The molecule has 0 saturated carbocycles. The molecule has 1 aromatic carbocycles. The Morgan fingerprint density at radius 2 is 2.04 bits per heavy atom. The Morgan fingerprint density at radius 3 is 2.65 bits per heavy atom. The first kappa shape index (κ1) is 18.0. The molecule has 0 unspecified atom stereocenters. The average molecular weight is 336 g/mol. The molecule has 0 spiro atoms. The van der Waals surface area contributed by atoms with Crippen LogP contribution in [-0.4, -0.2) is 32.9 Å². The molecular formula is C18H26ClN3O. The van der Waals surface area contributed by atoms with E-state index in [0.717, 1.165) is 43.3 Å². The smallest absolute Gasteiger partial charge is 0.0641 e. The molecule has 1 N–H and O–H groups in total. The summed E-state index contributed by atoms with van der Waals surface area (Å²) in [4.78, 5) is 2.35. The molecule has 0 saturated heterocycles. The molecular weight excluding hydrogens is 310 g/mol. The summed E-state index contributed by atoms with van der Waals surface area (Å²) < 4.78 is 2.05. The molecule has 0 bridgehead atoms. The molecule has 4 nitrogen and oxygen atoms in total. The first-order chi connectivity index (χ1) is 11.0. The second-order valence-electron chi connectivity index (χ2n) is 5.88. The quantitative estimate of drug-likeness (QED) is 0.802. The summed E-state index contributed by atoms with van der Waals surface area (Å²) in [6.07, 6.45) is 0.764. The number of aliphatic hydroxyl groups is 1. The summed E-state index contributed by atoms with van der Waals surface area (Å²) in [5, 5.41) is 14.5. The standard InChI is InChI=1S/C18H26ClN3O/c1-4-22-15(3)18(14(2)20-22)13-21(9-6-10-23)12-16-7-5-8-17(19)11-16/h5,7-8,11,23H,4,6,9-10,12-13H2,1-3H3. The van der Waals surface area contributed by atoms with Gasteiger partial charge in [-0.15, -0.1) is 0 Å². The fraction of sp³-hybridized carbons (Fsp3) is 0.500. The lowest BCUT2D eigenvalue weighted by Gasteiger charge is -2.22. The van der Waals surface area contributed by atoms with Gasteiger partial charge in [-0.1, -0.05) is 23.7 Å². The van der Waals surface area contributed by atoms with E-state index in [4.69, 9.17) is 11.6 Å². The van der Waals surface area contributed by atoms with Gasteiger partial charge < -0.3 is 5.11 Å². The summed E-state index contributed by atoms with van der Waals surface area (Å²) in [5.74, 6) is 0. The average Bonchev–Trinajstić information content (AvgIpc) is 2.80. The van der Waals surface area contributed by atoms with Crippen LogP contribution in [0.3, 0.4) is 0 Å². The second kappa shape index (κ2) is 8.48. The van der Waals surface area contributed by atoms with Crippen LogP contribution in [0, 0.1) is 13.8 Å². The van der Waals surface area contributed by atoms with Crippen molar-refractivity contribution >= 4 is 11.6 Å². The number of hydrogen-bond donors (Lipinski definition) is 1. The summed E-state index contributed by atoms with van der Waals surface area (Å²) in [6.45, 7) is 9.90. The molecule has 2 aromatic rings. The Labute approximate surface area is 143 Å². The van der Waals surface area contributed by atoms with Crippen molar-refractivity contribution in [3.63, 3.8) is 0 Å². The van der Waals surface area contributed by atoms with Crippen molar-refractivity contribution < 1.29 is 5.11 Å². The number of rotatable bonds is 8. The normalized spacial score (nSPS) is 11.4. The van der Waals surface area contributed by atoms with Crippen molar-refractivity contribution in [1.29, 1.82) is 0 Å². The van der Waals surface area contributed by atoms with Gasteiger partial charge >= 0.3 is 0 Å². The zero-order valence-electron chi connectivity index (χ0n) is 14.2. The minimum absolute atomic E-state index is 0.207. The van der Waals surface area contributed by atoms with E-state index >= 15 is 0 Å². The summed E-state index contributed by atoms with van der Waals surface area (Å²) in [6, 6.07) is 7.96. The highest BCUT2D eigenvalue weighted by Gasteiger charge is 2.15. The van der Waals surface area contributed by atoms with Crippen molar-refractivity contribution in [2.75, 3.05) is 13.2 Å². The van der Waals surface area contributed by atoms with Crippen LogP contribution in [0.4, 0.5) is 0 Å². The van der Waals surface area contributed by atoms with Crippen LogP contribution in [0.2, 0.25) is 5.02 Å². The first-order valence-corrected chi connectivity index (χ1v) is 8.53. The molecule has 0 aliphatic carbocycles. The van der Waals surface area contributed by atoms with Crippen LogP contribution in [0.1, 0.15) is 35.9 Å². The van der Waals surface area contributed by atoms with Crippen LogP contribution in [0.25, 0.3) is 0 Å². The van der Waals surface area contributed by atoms with Crippen LogP contribution in [0.5, 0.6) is 0 Å². The fourth-order valence-electron chi connectivity index (χ4n) is 2.90. The number of hydrogen-bond acceptors (Lipinski definition) is 3. The van der Waals surface area contributed by atoms with Crippen LogP contribution in [0.15, 0.2) is 24.3 Å². The largest absolute Gasteiger partial charge is 0.396 e. The molecule has 0 aliphatic rings. The molecule has 0 aliphatic heterocycles. The fourth-order valence-corrected chi connectivity index (χ4v) is 3.11. The lowest BCUT2D eigenvalue weighted by Crippen LogP contribution is -2.25. The highest BCUT2D eigenvalue weighted by molar-refractivity contribution is 6.30. The maximum absolute atomic E-state index is 9.18. The van der Waals surface area contributed by atoms with Gasteiger partial charge in [0.1, 0.15) is 0 Å². The minimum atomic E-state index is 0.207. The molecule has 0 atom stereocenters. The van der Waals surface area contributed by atoms with Crippen molar-refractivity contribution in [3.05, 3.63) is 51.8 Å². The van der Waals surface area contributed by atoms with Crippen molar-refractivity contribution in [3.8, 4) is 0 Å². The van der Waals surface area contributed by atoms with Crippen LogP contribution < -0.4 is 0 Å². The van der Waals surface area contributed by atoms with Crippen molar-refractivity contribution in [2.45, 2.75) is 46.8 Å². The van der Waals surface area contributed by atoms with E-state index in [-0.39, 0.29) is 6.61 Å². The lowest BCUT2D eigenvalue weighted by atomic mass is 10.1. The molecule has 0 amide bonds. The maximum Gasteiger partial charge on any atom is 0.0641 e. The molecule has 0 radical (unpaired) electrons. The maximum atomic E-state index is 9.18. The number of nitrogens with zero attached hydrogens (tertiary/aromatic N) is 3. The Kier molecular flexibility index (Phi) is 6.63. The predicted molar refractivity (Wildman–Crippen MR) is 94.6 cm³/mol. The SMILES string of the molecule is CCn1nc(C)c(CN(CCCO)Cc2cccc(Cl)c2)c1C. The Morgan fingerprint density at radius 1 is 1.26 bits per heavy atom. The van der Waals surface area contributed by atoms with E-state index in [0.29, 0.717) is 0 Å². The molecule has 23 heavy (non-hydrogen) atoms. The number of aromatic nitrogens is 2. The van der Waals surface area contributed by atoms with Crippen LogP contribution in [-0.2, 0) is 19.6 Å². The lowest BCUT2D eigenvalue weighted by molar-refractivity contribution is 0.212. The van der Waals surface area contributed by atoms with Gasteiger partial charge in [0.05, 0.1) is 5.69 Å². The number of aliphatic hydroxyl groups excluding tert-OH is 1. The monoisotopic (exact) mass is 335 g/mol. The number of halogens is 1. The third-order valence-electron chi connectivity index (χ3n) is 4.14. The highest BCUT2D eigenvalue weighted by Crippen LogP contribution is 2.19. The van der Waals surface area contributed by atoms with Gasteiger partial charge in [-0.3, -0.25) is 9.58 Å². The second-order valence-corrected chi connectivity index (χ2v) is 6.32. The predicted octanol–water partition coefficient (Wildman–Crippen LogP) is 3.56. The van der Waals surface area contributed by atoms with Crippen LogP contribution >= 0.6 is 11.6 Å². The summed E-state index contributed by atoms with van der Waals surface area (Å²) in [7, 11) is 0. The Bertz CT molecular complexity index is 639. The van der Waals surface area contributed by atoms with Gasteiger partial charge in [0.2, 0.25) is 0 Å². The molecule has 126 valence electrons. The Balaban J connectivity index is 2.17. The van der Waals surface area contributed by atoms with Gasteiger partial charge in [-0.25, -0.2) is 0 Å². The number of aryl methyl sites for hydroxylation is 2. The van der Waals surface area contributed by atoms with Gasteiger partial charge in [-0.05, 0) is 44.9 Å². The van der Waals surface area contributed by atoms with E-state index in [1.54, 1.807) is 0 Å². The van der Waals surface area contributed by atoms with E-state index in [2.05, 4.69) is 36.8 Å². The summed E-state index contributed by atoms with van der Waals surface area (Å²) in [5.41, 5.74) is 4.79. The van der Waals surface area contributed by atoms with Crippen molar-refractivity contribution in [1.82, 2.24) is 14.7 Å². The zero-order chi connectivity index (χ0) is 16.8. The molecule has 2 rings (SSSR count). The third-order valence-corrected chi connectivity index (χ3v) is 4.38. The molecule has 5 heteroatoms. The van der Waals surface area contributed by atoms with Gasteiger partial charge in [0.25, 0.3) is 0 Å². The van der Waals surface area contributed by atoms with Crippen molar-refractivity contribution in [2.24, 2.45) is 0 Å². The first-order valence-electron chi connectivity index (χ1n) is 8.15. The minimum Gasteiger partial charge on any atom is -0.396 e. The highest BCUT2D eigenvalue weighted by atomic mass is 35.5. The van der Waals surface area contributed by atoms with E-state index in [9.17, 15) is 5.11 Å². The zero-order valence-corrected chi connectivity index (χ0v) is 15.0. The van der Waals surface area contributed by atoms with Gasteiger partial charge in [0.15, 0.2) is 0 Å². The number of benzene rings is 1. The third kappa shape index (κ3) is 4.80. The van der Waals surface area contributed by atoms with E-state index in [1.165, 1.54) is 16.8 Å². The topological polar surface area (TPSA) is 41.3 Å². The molecule has 1 aromatic heterocycles. The Hall–Kier alpha value is -1.36. The van der Waals surface area contributed by atoms with Gasteiger partial charge in [0, 0.05) is 49.1 Å².